The topological polar surface area (TPSA) is 66.4 Å². The molecule has 4 nitrogen and oxygen atoms in total. The second kappa shape index (κ2) is 6.05. The molecule has 2 aromatic carbocycles. The molecule has 2 aromatic rings. The summed E-state index contributed by atoms with van der Waals surface area (Å²) in [5.74, 6) is -2.41. The van der Waals surface area contributed by atoms with Gasteiger partial charge in [-0.25, -0.2) is 9.18 Å². The molecule has 21 heavy (non-hydrogen) atoms. The minimum Gasteiger partial charge on any atom is -0.478 e. The molecular weight excluding hydrogens is 341 g/mol. The van der Waals surface area contributed by atoms with Crippen molar-refractivity contribution in [2.24, 2.45) is 0 Å². The number of halogens is 2. The lowest BCUT2D eigenvalue weighted by molar-refractivity contribution is 0.0696. The Morgan fingerprint density at radius 3 is 2.52 bits per heavy atom. The molecule has 0 aliphatic rings. The second-order valence-electron chi connectivity index (χ2n) is 4.44. The number of nitrogens with one attached hydrogen (secondary N) is 1. The zero-order chi connectivity index (χ0) is 15.6. The fourth-order valence-corrected chi connectivity index (χ4v) is 2.42. The average Bonchev–Trinajstić information content (AvgIpc) is 2.40. The van der Waals surface area contributed by atoms with Gasteiger partial charge in [-0.05, 0) is 58.7 Å². The molecule has 0 radical (unpaired) electrons. The highest BCUT2D eigenvalue weighted by atomic mass is 79.9. The largest absolute Gasteiger partial charge is 0.478 e. The van der Waals surface area contributed by atoms with E-state index in [1.807, 2.05) is 6.92 Å². The van der Waals surface area contributed by atoms with Gasteiger partial charge >= 0.3 is 5.97 Å². The normalized spacial score (nSPS) is 10.2. The fraction of sp³-hybridized carbons (Fsp3) is 0.0667. The first-order chi connectivity index (χ1) is 9.88. The van der Waals surface area contributed by atoms with E-state index in [9.17, 15) is 14.0 Å². The molecule has 0 saturated heterocycles. The van der Waals surface area contributed by atoms with E-state index < -0.39 is 17.7 Å². The predicted molar refractivity (Wildman–Crippen MR) is 80.2 cm³/mol. The second-order valence-corrected chi connectivity index (χ2v) is 5.29. The van der Waals surface area contributed by atoms with Gasteiger partial charge in [0.15, 0.2) is 0 Å². The van der Waals surface area contributed by atoms with Crippen LogP contribution in [0.5, 0.6) is 0 Å². The average molecular weight is 352 g/mol. The maximum Gasteiger partial charge on any atom is 0.335 e. The van der Waals surface area contributed by atoms with E-state index in [0.717, 1.165) is 23.8 Å². The van der Waals surface area contributed by atoms with Gasteiger partial charge in [0.1, 0.15) is 5.82 Å². The molecule has 0 aromatic heterocycles. The SMILES string of the molecule is Cc1ccc(C(=O)Nc2cc(C(=O)O)ccc2F)c(Br)c1. The van der Waals surface area contributed by atoms with Gasteiger partial charge in [0.05, 0.1) is 16.8 Å². The summed E-state index contributed by atoms with van der Waals surface area (Å²) in [7, 11) is 0. The van der Waals surface area contributed by atoms with Crippen LogP contribution in [0.25, 0.3) is 0 Å². The summed E-state index contributed by atoms with van der Waals surface area (Å²) in [6, 6.07) is 8.34. The Balaban J connectivity index is 2.31. The Morgan fingerprint density at radius 1 is 1.19 bits per heavy atom. The minimum atomic E-state index is -1.19. The molecular formula is C15H11BrFNO3. The van der Waals surface area contributed by atoms with Crippen LogP contribution < -0.4 is 5.32 Å². The molecule has 0 heterocycles. The number of aryl methyl sites for hydroxylation is 1. The van der Waals surface area contributed by atoms with Crippen molar-refractivity contribution in [3.8, 4) is 0 Å². The Labute approximate surface area is 128 Å². The Kier molecular flexibility index (Phi) is 4.37. The van der Waals surface area contributed by atoms with Crippen molar-refractivity contribution in [3.63, 3.8) is 0 Å². The number of rotatable bonds is 3. The van der Waals surface area contributed by atoms with Gasteiger partial charge in [-0.3, -0.25) is 4.79 Å². The summed E-state index contributed by atoms with van der Waals surface area (Å²) in [5, 5.41) is 11.3. The molecule has 6 heteroatoms. The summed E-state index contributed by atoms with van der Waals surface area (Å²) in [4.78, 5) is 23.0. The monoisotopic (exact) mass is 351 g/mol. The van der Waals surface area contributed by atoms with Crippen molar-refractivity contribution in [1.82, 2.24) is 0 Å². The number of amides is 1. The van der Waals surface area contributed by atoms with Gasteiger partial charge in [0, 0.05) is 4.47 Å². The van der Waals surface area contributed by atoms with Gasteiger partial charge in [-0.1, -0.05) is 6.07 Å². The molecule has 0 spiro atoms. The first-order valence-corrected chi connectivity index (χ1v) is 6.78. The number of carbonyl (C=O) groups is 2. The number of carbonyl (C=O) groups excluding carboxylic acids is 1. The highest BCUT2D eigenvalue weighted by Gasteiger charge is 2.14. The maximum absolute atomic E-state index is 13.7. The first kappa shape index (κ1) is 15.2. The zero-order valence-corrected chi connectivity index (χ0v) is 12.6. The molecule has 1 amide bonds. The molecule has 0 bridgehead atoms. The van der Waals surface area contributed by atoms with E-state index >= 15 is 0 Å². The highest BCUT2D eigenvalue weighted by Crippen LogP contribution is 2.22. The van der Waals surface area contributed by atoms with Crippen LogP contribution >= 0.6 is 15.9 Å². The van der Waals surface area contributed by atoms with Crippen LogP contribution in [0.3, 0.4) is 0 Å². The van der Waals surface area contributed by atoms with Crippen LogP contribution in [0, 0.1) is 12.7 Å². The van der Waals surface area contributed by atoms with Crippen molar-refractivity contribution < 1.29 is 19.1 Å². The van der Waals surface area contributed by atoms with E-state index in [2.05, 4.69) is 21.2 Å². The quantitative estimate of drug-likeness (QED) is 0.882. The lowest BCUT2D eigenvalue weighted by Gasteiger charge is -2.09. The standard InChI is InChI=1S/C15H11BrFNO3/c1-8-2-4-10(11(16)6-8)14(19)18-13-7-9(15(20)21)3-5-12(13)17/h2-7H,1H3,(H,18,19)(H,20,21). The third-order valence-corrected chi connectivity index (χ3v) is 3.49. The van der Waals surface area contributed by atoms with Crippen LogP contribution in [0.15, 0.2) is 40.9 Å². The third kappa shape index (κ3) is 3.46. The van der Waals surface area contributed by atoms with Crippen LogP contribution in [-0.2, 0) is 0 Å². The number of aromatic carboxylic acids is 1. The number of anilines is 1. The maximum atomic E-state index is 13.7. The Bertz CT molecular complexity index is 731. The number of hydrogen-bond donors (Lipinski definition) is 2. The van der Waals surface area contributed by atoms with Gasteiger partial charge < -0.3 is 10.4 Å². The van der Waals surface area contributed by atoms with E-state index in [0.29, 0.717) is 10.0 Å². The number of carboxylic acids is 1. The van der Waals surface area contributed by atoms with Crippen molar-refractivity contribution in [3.05, 3.63) is 63.4 Å². The van der Waals surface area contributed by atoms with Gasteiger partial charge in [0.25, 0.3) is 5.91 Å². The zero-order valence-electron chi connectivity index (χ0n) is 11.0. The first-order valence-electron chi connectivity index (χ1n) is 5.99. The van der Waals surface area contributed by atoms with Gasteiger partial charge in [-0.2, -0.15) is 0 Å². The Hall–Kier alpha value is -2.21. The van der Waals surface area contributed by atoms with Crippen molar-refractivity contribution in [1.29, 1.82) is 0 Å². The summed E-state index contributed by atoms with van der Waals surface area (Å²) < 4.78 is 14.2. The van der Waals surface area contributed by atoms with E-state index in [4.69, 9.17) is 5.11 Å². The van der Waals surface area contributed by atoms with E-state index in [1.165, 1.54) is 0 Å². The van der Waals surface area contributed by atoms with Crippen molar-refractivity contribution in [2.45, 2.75) is 6.92 Å². The molecule has 108 valence electrons. The van der Waals surface area contributed by atoms with Crippen LogP contribution in [0.1, 0.15) is 26.3 Å². The fourth-order valence-electron chi connectivity index (χ4n) is 1.75. The number of benzene rings is 2. The third-order valence-electron chi connectivity index (χ3n) is 2.83. The van der Waals surface area contributed by atoms with Crippen LogP contribution in [0.4, 0.5) is 10.1 Å². The van der Waals surface area contributed by atoms with E-state index in [-0.39, 0.29) is 11.3 Å². The van der Waals surface area contributed by atoms with Crippen molar-refractivity contribution >= 4 is 33.5 Å². The summed E-state index contributed by atoms with van der Waals surface area (Å²) in [5.41, 5.74) is 1.03. The summed E-state index contributed by atoms with van der Waals surface area (Å²) >= 11 is 3.27. The highest BCUT2D eigenvalue weighted by molar-refractivity contribution is 9.10. The van der Waals surface area contributed by atoms with Crippen molar-refractivity contribution in [2.75, 3.05) is 5.32 Å². The molecule has 2 rings (SSSR count). The molecule has 0 aliphatic carbocycles. The predicted octanol–water partition coefficient (Wildman–Crippen LogP) is 3.85. The molecule has 0 fully saturated rings. The number of hydrogen-bond acceptors (Lipinski definition) is 2. The molecule has 0 atom stereocenters. The Morgan fingerprint density at radius 2 is 1.90 bits per heavy atom. The van der Waals surface area contributed by atoms with Crippen LogP contribution in [-0.4, -0.2) is 17.0 Å². The minimum absolute atomic E-state index is 0.102. The molecule has 0 aliphatic heterocycles. The molecule has 0 unspecified atom stereocenters. The smallest absolute Gasteiger partial charge is 0.335 e. The molecule has 0 saturated carbocycles. The molecule has 2 N–H and O–H groups in total. The summed E-state index contributed by atoms with van der Waals surface area (Å²) in [6.07, 6.45) is 0. The lowest BCUT2D eigenvalue weighted by Crippen LogP contribution is -2.14. The van der Waals surface area contributed by atoms with Crippen LogP contribution in [0.2, 0.25) is 0 Å². The van der Waals surface area contributed by atoms with Gasteiger partial charge in [0.2, 0.25) is 0 Å². The van der Waals surface area contributed by atoms with E-state index in [1.54, 1.807) is 18.2 Å². The number of carboxylic acid groups (broad SMARTS) is 1. The summed E-state index contributed by atoms with van der Waals surface area (Å²) in [6.45, 7) is 1.88. The lowest BCUT2D eigenvalue weighted by atomic mass is 10.1. The van der Waals surface area contributed by atoms with Gasteiger partial charge in [-0.15, -0.1) is 0 Å².